The number of halogens is 1. The second-order valence-corrected chi connectivity index (χ2v) is 2.53. The maximum absolute atomic E-state index is 11.0. The maximum atomic E-state index is 11.0. The molecule has 3 nitrogen and oxygen atoms in total. The van der Waals surface area contributed by atoms with Gasteiger partial charge in [-0.25, -0.2) is 0 Å². The van der Waals surface area contributed by atoms with Gasteiger partial charge in [0.05, 0.1) is 0 Å². The van der Waals surface area contributed by atoms with Gasteiger partial charge in [0.25, 0.3) is 5.91 Å². The first-order valence-electron chi connectivity index (χ1n) is 3.51. The number of hydrogen-bond acceptors (Lipinski definition) is 2. The van der Waals surface area contributed by atoms with Crippen molar-refractivity contribution >= 4 is 17.5 Å². The number of amides is 1. The molecule has 0 aliphatic carbocycles. The molecular weight excluding hydrogens is 176 g/mol. The van der Waals surface area contributed by atoms with Crippen molar-refractivity contribution in [3.8, 4) is 0 Å². The highest BCUT2D eigenvalue weighted by atomic mass is 35.5. The molecule has 4 heteroatoms. The second kappa shape index (κ2) is 4.07. The summed E-state index contributed by atoms with van der Waals surface area (Å²) in [5.41, 5.74) is 1.32. The highest BCUT2D eigenvalue weighted by Crippen LogP contribution is 2.02. The van der Waals surface area contributed by atoms with E-state index in [1.54, 1.807) is 25.4 Å². The Balaban J connectivity index is 2.84. The van der Waals surface area contributed by atoms with E-state index in [4.69, 9.17) is 11.6 Å². The molecule has 1 rings (SSSR count). The van der Waals surface area contributed by atoms with Crippen molar-refractivity contribution in [3.05, 3.63) is 29.6 Å². The number of aromatic nitrogens is 1. The molecule has 0 aliphatic heterocycles. The lowest BCUT2D eigenvalue weighted by atomic mass is 10.2. The van der Waals surface area contributed by atoms with Gasteiger partial charge in [0.15, 0.2) is 0 Å². The fraction of sp³-hybridized carbons (Fsp3) is 0.250. The minimum atomic E-state index is -0.184. The first-order chi connectivity index (χ1) is 5.77. The average molecular weight is 185 g/mol. The normalized spacial score (nSPS) is 9.50. The number of carbonyl (C=O) groups excluding carboxylic acids is 1. The molecule has 1 N–H and O–H groups in total. The molecule has 0 spiro atoms. The van der Waals surface area contributed by atoms with E-state index in [0.29, 0.717) is 11.6 Å². The molecule has 0 aliphatic rings. The van der Waals surface area contributed by atoms with Crippen LogP contribution in [0.1, 0.15) is 16.1 Å². The smallest absolute Gasteiger partial charge is 0.269 e. The Morgan fingerprint density at radius 3 is 2.83 bits per heavy atom. The summed E-state index contributed by atoms with van der Waals surface area (Å²) in [5, 5.41) is 2.48. The zero-order chi connectivity index (χ0) is 8.97. The lowest BCUT2D eigenvalue weighted by Crippen LogP contribution is -2.18. The lowest BCUT2D eigenvalue weighted by molar-refractivity contribution is 0.0958. The van der Waals surface area contributed by atoms with E-state index in [9.17, 15) is 4.79 Å². The summed E-state index contributed by atoms with van der Waals surface area (Å²) in [4.78, 5) is 14.9. The largest absolute Gasteiger partial charge is 0.354 e. The molecule has 12 heavy (non-hydrogen) atoms. The predicted molar refractivity (Wildman–Crippen MR) is 47.2 cm³/mol. The summed E-state index contributed by atoms with van der Waals surface area (Å²) < 4.78 is 0. The Kier molecular flexibility index (Phi) is 3.05. The van der Waals surface area contributed by atoms with E-state index in [-0.39, 0.29) is 5.91 Å². The molecule has 0 radical (unpaired) electrons. The topological polar surface area (TPSA) is 42.0 Å². The van der Waals surface area contributed by atoms with Gasteiger partial charge in [-0.05, 0) is 11.6 Å². The van der Waals surface area contributed by atoms with Crippen molar-refractivity contribution in [2.75, 3.05) is 7.05 Å². The molecule has 1 aromatic rings. The van der Waals surface area contributed by atoms with E-state index in [2.05, 4.69) is 10.3 Å². The Labute approximate surface area is 75.8 Å². The second-order valence-electron chi connectivity index (χ2n) is 2.26. The van der Waals surface area contributed by atoms with Gasteiger partial charge in [-0.2, -0.15) is 0 Å². The highest BCUT2D eigenvalue weighted by molar-refractivity contribution is 6.17. The highest BCUT2D eigenvalue weighted by Gasteiger charge is 2.02. The summed E-state index contributed by atoms with van der Waals surface area (Å²) in [7, 11) is 1.57. The van der Waals surface area contributed by atoms with Crippen molar-refractivity contribution in [2.45, 2.75) is 5.88 Å². The van der Waals surface area contributed by atoms with Gasteiger partial charge < -0.3 is 5.32 Å². The average Bonchev–Trinajstić information content (AvgIpc) is 2.17. The molecule has 1 amide bonds. The van der Waals surface area contributed by atoms with Crippen molar-refractivity contribution in [1.82, 2.24) is 10.3 Å². The molecule has 0 aromatic carbocycles. The summed E-state index contributed by atoms with van der Waals surface area (Å²) in [6.07, 6.45) is 1.59. The van der Waals surface area contributed by atoms with Crippen LogP contribution in [0.2, 0.25) is 0 Å². The number of alkyl halides is 1. The summed E-state index contributed by atoms with van der Waals surface area (Å²) in [5.74, 6) is 0.234. The van der Waals surface area contributed by atoms with Crippen LogP contribution in [0.15, 0.2) is 18.3 Å². The van der Waals surface area contributed by atoms with Crippen LogP contribution in [0.3, 0.4) is 0 Å². The Morgan fingerprint density at radius 1 is 1.67 bits per heavy atom. The third-order valence-electron chi connectivity index (χ3n) is 1.44. The minimum Gasteiger partial charge on any atom is -0.354 e. The summed E-state index contributed by atoms with van der Waals surface area (Å²) in [6, 6.07) is 3.43. The van der Waals surface area contributed by atoms with E-state index in [1.807, 2.05) is 0 Å². The lowest BCUT2D eigenvalue weighted by Gasteiger charge is -1.98. The number of hydrogen-bond donors (Lipinski definition) is 1. The molecule has 0 bridgehead atoms. The number of nitrogens with zero attached hydrogens (tertiary/aromatic N) is 1. The molecular formula is C8H9ClN2O. The van der Waals surface area contributed by atoms with Crippen molar-refractivity contribution in [2.24, 2.45) is 0 Å². The van der Waals surface area contributed by atoms with Crippen LogP contribution in [0, 0.1) is 0 Å². The fourth-order valence-electron chi connectivity index (χ4n) is 0.766. The van der Waals surface area contributed by atoms with Crippen LogP contribution in [-0.2, 0) is 5.88 Å². The Bertz CT molecular complexity index is 271. The molecule has 0 atom stereocenters. The fourth-order valence-corrected chi connectivity index (χ4v) is 0.924. The van der Waals surface area contributed by atoms with Crippen LogP contribution < -0.4 is 5.32 Å². The number of carbonyl (C=O) groups is 1. The van der Waals surface area contributed by atoms with Gasteiger partial charge in [0.2, 0.25) is 0 Å². The van der Waals surface area contributed by atoms with Crippen LogP contribution in [0.25, 0.3) is 0 Å². The SMILES string of the molecule is CNC(=O)c1ccc(CCl)cn1. The minimum absolute atomic E-state index is 0.184. The van der Waals surface area contributed by atoms with E-state index < -0.39 is 0 Å². The summed E-state index contributed by atoms with van der Waals surface area (Å²) in [6.45, 7) is 0. The number of pyridine rings is 1. The molecule has 1 aromatic heterocycles. The van der Waals surface area contributed by atoms with Gasteiger partial charge >= 0.3 is 0 Å². The Hall–Kier alpha value is -1.09. The van der Waals surface area contributed by atoms with Gasteiger partial charge in [0.1, 0.15) is 5.69 Å². The maximum Gasteiger partial charge on any atom is 0.269 e. The third-order valence-corrected chi connectivity index (χ3v) is 1.75. The number of nitrogens with one attached hydrogen (secondary N) is 1. The molecule has 0 fully saturated rings. The van der Waals surface area contributed by atoms with Gasteiger partial charge in [-0.15, -0.1) is 11.6 Å². The van der Waals surface area contributed by atoms with Crippen molar-refractivity contribution < 1.29 is 4.79 Å². The molecule has 64 valence electrons. The van der Waals surface area contributed by atoms with Gasteiger partial charge in [0, 0.05) is 19.1 Å². The third kappa shape index (κ3) is 1.95. The molecule has 1 heterocycles. The molecule has 0 saturated heterocycles. The van der Waals surface area contributed by atoms with E-state index in [0.717, 1.165) is 5.56 Å². The van der Waals surface area contributed by atoms with Crippen LogP contribution in [0.4, 0.5) is 0 Å². The van der Waals surface area contributed by atoms with Crippen LogP contribution >= 0.6 is 11.6 Å². The van der Waals surface area contributed by atoms with Crippen LogP contribution in [0.5, 0.6) is 0 Å². The monoisotopic (exact) mass is 184 g/mol. The van der Waals surface area contributed by atoms with Gasteiger partial charge in [-0.3, -0.25) is 9.78 Å². The van der Waals surface area contributed by atoms with E-state index >= 15 is 0 Å². The zero-order valence-corrected chi connectivity index (χ0v) is 7.43. The first kappa shape index (κ1) is 9.00. The molecule has 0 unspecified atom stereocenters. The van der Waals surface area contributed by atoms with Crippen molar-refractivity contribution in [1.29, 1.82) is 0 Å². The predicted octanol–water partition coefficient (Wildman–Crippen LogP) is 1.18. The van der Waals surface area contributed by atoms with E-state index in [1.165, 1.54) is 0 Å². The zero-order valence-electron chi connectivity index (χ0n) is 6.67. The van der Waals surface area contributed by atoms with Crippen LogP contribution in [-0.4, -0.2) is 17.9 Å². The standard InChI is InChI=1S/C8H9ClN2O/c1-10-8(12)7-3-2-6(4-9)5-11-7/h2-3,5H,4H2,1H3,(H,10,12). The van der Waals surface area contributed by atoms with Gasteiger partial charge in [-0.1, -0.05) is 6.07 Å². The van der Waals surface area contributed by atoms with Crippen molar-refractivity contribution in [3.63, 3.8) is 0 Å². The Morgan fingerprint density at radius 2 is 2.42 bits per heavy atom. The number of rotatable bonds is 2. The first-order valence-corrected chi connectivity index (χ1v) is 4.04. The molecule has 0 saturated carbocycles. The quantitative estimate of drug-likeness (QED) is 0.702. The summed E-state index contributed by atoms with van der Waals surface area (Å²) >= 11 is 5.55.